The van der Waals surface area contributed by atoms with E-state index in [1.807, 2.05) is 18.2 Å². The average molecular weight is 730 g/mol. The first kappa shape index (κ1) is 36.7. The third-order valence-electron chi connectivity index (χ3n) is 14.3. The van der Waals surface area contributed by atoms with Crippen molar-refractivity contribution in [1.29, 1.82) is 10.5 Å². The summed E-state index contributed by atoms with van der Waals surface area (Å²) in [6, 6.07) is 12.5. The normalized spacial score (nSPS) is 36.1. The third kappa shape index (κ3) is 8.49. The molecule has 11 heteroatoms. The molecule has 284 valence electrons. The second-order valence-electron chi connectivity index (χ2n) is 17.8. The molecule has 0 radical (unpaired) electrons. The second kappa shape index (κ2) is 16.6. The standard InChI is InChI=1S/C22H28N4O.C11H15NO.C10H12N4/c23-11-14-1-2-21(24-12-14)25-19-3-4-26(13-19)22(27)10-20-17-6-15-5-16(8-17)9-18(20)7-15;13-6-12-11-9-2-7-1-8(4-9)5-10(11)3-7;11-5-8-1-2-10(13-6-8)14-9-3-4-12-7-9/h1-2,12,15-20H,3-10,13H2,(H,24,25);7-11H,1-5H2;1-2,6,9,12H,3-4,7H2,(H,13,14)/t15?,16?,17?,18?,19-,20?;;9-/m1.1/s1. The minimum absolute atomic E-state index is 0.257. The number of nitriles is 2. The van der Waals surface area contributed by atoms with Crippen LogP contribution in [0.25, 0.3) is 0 Å². The molecule has 12 rings (SSSR count). The van der Waals surface area contributed by atoms with Crippen molar-refractivity contribution >= 4 is 23.6 Å². The van der Waals surface area contributed by atoms with E-state index < -0.39 is 0 Å². The Hall–Kier alpha value is -4.31. The smallest absolute Gasteiger partial charge is 0.235 e. The Morgan fingerprint density at radius 1 is 0.759 bits per heavy atom. The summed E-state index contributed by atoms with van der Waals surface area (Å²) in [5, 5.41) is 27.5. The van der Waals surface area contributed by atoms with Crippen LogP contribution in [0.5, 0.6) is 0 Å². The van der Waals surface area contributed by atoms with Gasteiger partial charge in [-0.05, 0) is 161 Å². The number of carbonyl (C=O) groups excluding carboxylic acids is 2. The minimum Gasteiger partial charge on any atom is -0.366 e. The fourth-order valence-corrected chi connectivity index (χ4v) is 12.3. The highest BCUT2D eigenvalue weighted by Crippen LogP contribution is 2.57. The van der Waals surface area contributed by atoms with Crippen molar-refractivity contribution < 1.29 is 9.59 Å². The van der Waals surface area contributed by atoms with E-state index in [4.69, 9.17) is 10.5 Å². The van der Waals surface area contributed by atoms with Gasteiger partial charge < -0.3 is 20.9 Å². The maximum absolute atomic E-state index is 13.0. The van der Waals surface area contributed by atoms with Gasteiger partial charge in [-0.3, -0.25) is 4.79 Å². The van der Waals surface area contributed by atoms with Crippen molar-refractivity contribution in [2.45, 2.75) is 102 Å². The molecule has 3 N–H and O–H groups in total. The Morgan fingerprint density at radius 3 is 1.76 bits per heavy atom. The van der Waals surface area contributed by atoms with Crippen molar-refractivity contribution in [3.63, 3.8) is 0 Å². The van der Waals surface area contributed by atoms with Gasteiger partial charge in [-0.25, -0.2) is 19.8 Å². The predicted molar refractivity (Wildman–Crippen MR) is 206 cm³/mol. The average Bonchev–Trinajstić information content (AvgIpc) is 3.88. The fourth-order valence-electron chi connectivity index (χ4n) is 12.3. The van der Waals surface area contributed by atoms with E-state index >= 15 is 0 Å². The van der Waals surface area contributed by atoms with E-state index in [0.29, 0.717) is 35.0 Å². The summed E-state index contributed by atoms with van der Waals surface area (Å²) in [5.41, 5.74) is 1.17. The number of nitrogens with zero attached hydrogens (tertiary/aromatic N) is 6. The topological polar surface area (TPSA) is 159 Å². The predicted octanol–water partition coefficient (Wildman–Crippen LogP) is 6.30. The summed E-state index contributed by atoms with van der Waals surface area (Å²) in [6.07, 6.45) is 21.6. The Labute approximate surface area is 319 Å². The number of aliphatic imine (C=N–C) groups is 1. The highest BCUT2D eigenvalue weighted by Gasteiger charge is 2.49. The first-order valence-corrected chi connectivity index (χ1v) is 20.7. The monoisotopic (exact) mass is 729 g/mol. The van der Waals surface area contributed by atoms with Crippen LogP contribution in [0, 0.1) is 75.9 Å². The van der Waals surface area contributed by atoms with Crippen molar-refractivity contribution in [1.82, 2.24) is 20.2 Å². The SMILES string of the molecule is N#Cc1ccc(N[C@@H]2CCN(C(=O)CC3C4CC5CC(C4)CC3C5)C2)nc1.N#Cc1ccc(N[C@@H]2CCNC2)nc1.O=C=NC1C2CC3CC(C2)CC1C3. The van der Waals surface area contributed by atoms with E-state index in [1.165, 1.54) is 64.2 Å². The molecule has 2 saturated heterocycles. The Balaban J connectivity index is 0.000000128. The molecule has 4 heterocycles. The summed E-state index contributed by atoms with van der Waals surface area (Å²) in [6.45, 7) is 3.67. The number of amides is 1. The van der Waals surface area contributed by atoms with Gasteiger partial charge in [0.05, 0.1) is 17.2 Å². The highest BCUT2D eigenvalue weighted by molar-refractivity contribution is 5.77. The first-order chi connectivity index (χ1) is 26.4. The fraction of sp³-hybridized carbons (Fsp3) is 0.674. The van der Waals surface area contributed by atoms with Gasteiger partial charge in [-0.15, -0.1) is 0 Å². The highest BCUT2D eigenvalue weighted by atomic mass is 16.2. The van der Waals surface area contributed by atoms with Crippen LogP contribution in [-0.2, 0) is 9.59 Å². The number of hydrogen-bond acceptors (Lipinski definition) is 10. The second-order valence-corrected chi connectivity index (χ2v) is 17.8. The van der Waals surface area contributed by atoms with E-state index in [9.17, 15) is 9.59 Å². The van der Waals surface area contributed by atoms with Gasteiger partial charge in [0.25, 0.3) is 0 Å². The molecule has 8 bridgehead atoms. The van der Waals surface area contributed by atoms with E-state index in [0.717, 1.165) is 104 Å². The zero-order chi connectivity index (χ0) is 37.0. The molecule has 0 spiro atoms. The lowest BCUT2D eigenvalue weighted by Crippen LogP contribution is -2.47. The van der Waals surface area contributed by atoms with Crippen LogP contribution in [0.15, 0.2) is 41.7 Å². The van der Waals surface area contributed by atoms with Crippen LogP contribution >= 0.6 is 0 Å². The number of carbonyl (C=O) groups is 1. The number of hydrogen-bond donors (Lipinski definition) is 3. The molecule has 2 aromatic rings. The lowest BCUT2D eigenvalue weighted by Gasteiger charge is -2.54. The molecule has 0 aromatic carbocycles. The molecule has 2 aliphatic heterocycles. The number of likely N-dealkylation sites (tertiary alicyclic amines) is 1. The third-order valence-corrected chi connectivity index (χ3v) is 14.3. The van der Waals surface area contributed by atoms with Crippen molar-refractivity contribution in [2.24, 2.45) is 58.3 Å². The number of rotatable bonds is 7. The largest absolute Gasteiger partial charge is 0.366 e. The zero-order valence-electron chi connectivity index (χ0n) is 31.4. The maximum Gasteiger partial charge on any atom is 0.235 e. The van der Waals surface area contributed by atoms with Gasteiger partial charge in [0, 0.05) is 50.5 Å². The van der Waals surface area contributed by atoms with Gasteiger partial charge in [0.2, 0.25) is 12.0 Å². The van der Waals surface area contributed by atoms with Crippen LogP contribution in [-0.4, -0.2) is 71.2 Å². The van der Waals surface area contributed by atoms with E-state index in [1.54, 1.807) is 30.6 Å². The molecule has 8 saturated carbocycles. The van der Waals surface area contributed by atoms with Gasteiger partial charge in [0.15, 0.2) is 0 Å². The summed E-state index contributed by atoms with van der Waals surface area (Å²) in [4.78, 5) is 37.8. The lowest BCUT2D eigenvalue weighted by molar-refractivity contribution is -0.135. The van der Waals surface area contributed by atoms with Crippen LogP contribution in [0.4, 0.5) is 11.6 Å². The molecule has 8 aliphatic carbocycles. The van der Waals surface area contributed by atoms with Crippen LogP contribution in [0.1, 0.15) is 94.6 Å². The number of pyridine rings is 2. The zero-order valence-corrected chi connectivity index (χ0v) is 31.4. The molecule has 11 nitrogen and oxygen atoms in total. The van der Waals surface area contributed by atoms with Gasteiger partial charge >= 0.3 is 0 Å². The number of isocyanates is 1. The van der Waals surface area contributed by atoms with Crippen molar-refractivity contribution in [2.75, 3.05) is 36.8 Å². The van der Waals surface area contributed by atoms with Crippen molar-refractivity contribution in [3.8, 4) is 12.1 Å². The Bertz CT molecular complexity index is 1680. The van der Waals surface area contributed by atoms with Crippen LogP contribution < -0.4 is 16.0 Å². The van der Waals surface area contributed by atoms with Crippen molar-refractivity contribution in [3.05, 3.63) is 47.8 Å². The van der Waals surface area contributed by atoms with Crippen LogP contribution in [0.2, 0.25) is 0 Å². The summed E-state index contributed by atoms with van der Waals surface area (Å²) in [7, 11) is 0. The molecular formula is C43H55N9O2. The molecule has 2 atom stereocenters. The molecular weight excluding hydrogens is 675 g/mol. The van der Waals surface area contributed by atoms with E-state index in [2.05, 4.69) is 41.9 Å². The van der Waals surface area contributed by atoms with Crippen LogP contribution in [0.3, 0.4) is 0 Å². The number of anilines is 2. The number of aromatic nitrogens is 2. The summed E-state index contributed by atoms with van der Waals surface area (Å²) >= 11 is 0. The quantitative estimate of drug-likeness (QED) is 0.220. The summed E-state index contributed by atoms with van der Waals surface area (Å²) < 4.78 is 0. The van der Waals surface area contributed by atoms with E-state index in [-0.39, 0.29) is 6.04 Å². The molecule has 1 amide bonds. The Morgan fingerprint density at radius 2 is 1.30 bits per heavy atom. The molecule has 10 aliphatic rings. The van der Waals surface area contributed by atoms with Gasteiger partial charge in [-0.2, -0.15) is 10.5 Å². The maximum atomic E-state index is 13.0. The lowest BCUT2D eigenvalue weighted by atomic mass is 9.51. The molecule has 2 aromatic heterocycles. The minimum atomic E-state index is 0.257. The molecule has 54 heavy (non-hydrogen) atoms. The first-order valence-electron chi connectivity index (χ1n) is 20.7. The van der Waals surface area contributed by atoms with Gasteiger partial charge in [0.1, 0.15) is 23.8 Å². The molecule has 10 fully saturated rings. The molecule has 0 unspecified atom stereocenters. The number of nitrogens with one attached hydrogen (secondary N) is 3. The Kier molecular flexibility index (Phi) is 11.3. The summed E-state index contributed by atoms with van der Waals surface area (Å²) in [5.74, 6) is 9.65. The van der Waals surface area contributed by atoms with Gasteiger partial charge in [-0.1, -0.05) is 0 Å².